The highest BCUT2D eigenvalue weighted by atomic mass is 19.4. The molecule has 184 valence electrons. The summed E-state index contributed by atoms with van der Waals surface area (Å²) in [5, 5.41) is 13.9. The fourth-order valence-electron chi connectivity index (χ4n) is 4.00. The van der Waals surface area contributed by atoms with Gasteiger partial charge in [-0.1, -0.05) is 13.0 Å². The van der Waals surface area contributed by atoms with E-state index in [-0.39, 0.29) is 16.0 Å². The number of rotatable bonds is 5. The summed E-state index contributed by atoms with van der Waals surface area (Å²) in [7, 11) is 1.01. The van der Waals surface area contributed by atoms with E-state index in [9.17, 15) is 36.7 Å². The van der Waals surface area contributed by atoms with E-state index in [4.69, 9.17) is 15.2 Å². The smallest absolute Gasteiger partial charge is 0.417 e. The van der Waals surface area contributed by atoms with Crippen molar-refractivity contribution in [3.8, 4) is 5.75 Å². The van der Waals surface area contributed by atoms with Gasteiger partial charge in [-0.3, -0.25) is 9.59 Å². The summed E-state index contributed by atoms with van der Waals surface area (Å²) in [5.74, 6) is -8.43. The van der Waals surface area contributed by atoms with Crippen LogP contribution in [0.1, 0.15) is 35.8 Å². The van der Waals surface area contributed by atoms with Gasteiger partial charge in [0, 0.05) is 29.5 Å². The number of pyridine rings is 1. The van der Waals surface area contributed by atoms with Crippen LogP contribution in [-0.4, -0.2) is 36.8 Å². The molecule has 1 saturated heterocycles. The summed E-state index contributed by atoms with van der Waals surface area (Å²) >= 11 is 0. The molecule has 4 atom stereocenters. The number of hydrogen-bond acceptors (Lipinski definition) is 5. The molecule has 1 aliphatic rings. The van der Waals surface area contributed by atoms with Gasteiger partial charge in [-0.15, -0.1) is 0 Å². The van der Waals surface area contributed by atoms with E-state index in [1.54, 1.807) is 0 Å². The van der Waals surface area contributed by atoms with Gasteiger partial charge in [0.1, 0.15) is 6.10 Å². The van der Waals surface area contributed by atoms with Crippen LogP contribution < -0.4 is 20.5 Å². The molecule has 1 aromatic heterocycles. The number of carbonyl (C=O) groups excluding carboxylic acids is 2. The van der Waals surface area contributed by atoms with Crippen LogP contribution in [0.15, 0.2) is 30.5 Å². The second-order valence-electron chi connectivity index (χ2n) is 7.92. The molecule has 8 nitrogen and oxygen atoms in total. The summed E-state index contributed by atoms with van der Waals surface area (Å²) < 4.78 is 80.2. The summed E-state index contributed by atoms with van der Waals surface area (Å²) in [4.78, 5) is 24.4. The van der Waals surface area contributed by atoms with Crippen molar-refractivity contribution in [2.45, 2.75) is 37.6 Å². The summed E-state index contributed by atoms with van der Waals surface area (Å²) in [6, 6.07) is 3.76. The van der Waals surface area contributed by atoms with Crippen LogP contribution in [0.3, 0.4) is 0 Å². The van der Waals surface area contributed by atoms with Gasteiger partial charge in [0.15, 0.2) is 23.4 Å². The van der Waals surface area contributed by atoms with E-state index in [0.717, 1.165) is 38.4 Å². The Morgan fingerprint density at radius 3 is 2.47 bits per heavy atom. The number of carbonyl (C=O) groups is 2. The van der Waals surface area contributed by atoms with E-state index in [1.165, 1.54) is 6.92 Å². The maximum Gasteiger partial charge on any atom is 0.417 e. The molecule has 1 aliphatic heterocycles. The first-order chi connectivity index (χ1) is 15.7. The maximum atomic E-state index is 14.4. The fourth-order valence-corrected chi connectivity index (χ4v) is 4.00. The first-order valence-corrected chi connectivity index (χ1v) is 9.83. The molecular formula is C21H20F5N3O5. The lowest BCUT2D eigenvalue weighted by Crippen LogP contribution is -2.47. The highest BCUT2D eigenvalue weighted by Crippen LogP contribution is 2.55. The number of ether oxygens (including phenoxy) is 2. The van der Waals surface area contributed by atoms with E-state index in [2.05, 4.69) is 5.32 Å². The summed E-state index contributed by atoms with van der Waals surface area (Å²) in [6.45, 7) is 1.92. The third-order valence-electron chi connectivity index (χ3n) is 6.01. The number of nitrogens with one attached hydrogen (secondary N) is 1. The molecule has 1 aromatic carbocycles. The van der Waals surface area contributed by atoms with Crippen LogP contribution >= 0.6 is 0 Å². The third-order valence-corrected chi connectivity index (χ3v) is 6.01. The molecule has 0 unspecified atom stereocenters. The quantitative estimate of drug-likeness (QED) is 0.381. The van der Waals surface area contributed by atoms with Gasteiger partial charge in [0.05, 0.1) is 12.8 Å². The molecule has 3 N–H and O–H groups in total. The Bertz CT molecular complexity index is 1140. The minimum atomic E-state index is -4.93. The van der Waals surface area contributed by atoms with Crippen LogP contribution in [-0.2, 0) is 9.53 Å². The van der Waals surface area contributed by atoms with Gasteiger partial charge >= 0.3 is 12.1 Å². The molecule has 3 rings (SSSR count). The number of methoxy groups -OCH3 is 1. The van der Waals surface area contributed by atoms with Gasteiger partial charge in [0.25, 0.3) is 11.6 Å². The lowest BCUT2D eigenvalue weighted by atomic mass is 9.77. The molecule has 0 bridgehead atoms. The Morgan fingerprint density at radius 2 is 1.91 bits per heavy atom. The normalized spacial score (nSPS) is 24.6. The minimum Gasteiger partial charge on any atom is -0.618 e. The van der Waals surface area contributed by atoms with Crippen molar-refractivity contribution in [3.63, 3.8) is 0 Å². The van der Waals surface area contributed by atoms with Crippen molar-refractivity contribution in [2.24, 2.45) is 11.7 Å². The Hall–Kier alpha value is -3.48. The van der Waals surface area contributed by atoms with Gasteiger partial charge in [-0.05, 0) is 13.0 Å². The topological polar surface area (TPSA) is 118 Å². The predicted octanol–water partition coefficient (Wildman–Crippen LogP) is 2.78. The van der Waals surface area contributed by atoms with E-state index in [0.29, 0.717) is 6.07 Å². The number of aromatic nitrogens is 1. The van der Waals surface area contributed by atoms with Crippen molar-refractivity contribution in [1.82, 2.24) is 0 Å². The fraction of sp³-hybridized carbons (Fsp3) is 0.381. The van der Waals surface area contributed by atoms with Crippen molar-refractivity contribution in [2.75, 3.05) is 12.4 Å². The number of anilines is 1. The lowest BCUT2D eigenvalue weighted by molar-refractivity contribution is -0.607. The number of nitrogens with two attached hydrogens (primary N) is 1. The van der Waals surface area contributed by atoms with Crippen LogP contribution in [0, 0.1) is 22.8 Å². The average molecular weight is 489 g/mol. The Labute approximate surface area is 190 Å². The first kappa shape index (κ1) is 25.1. The van der Waals surface area contributed by atoms with Crippen molar-refractivity contribution in [1.29, 1.82) is 0 Å². The summed E-state index contributed by atoms with van der Waals surface area (Å²) in [5.41, 5.74) is 1.40. The SMILES string of the molecule is COc1c([C@@H]2[C@@H](C)[C@](C)(C(F)(F)F)O[C@H]2C(=O)Nc2cc[n+]([O-])c(C(N)=O)c2)ccc(F)c1F. The van der Waals surface area contributed by atoms with Crippen LogP contribution in [0.4, 0.5) is 27.6 Å². The molecular weight excluding hydrogens is 469 g/mol. The van der Waals surface area contributed by atoms with Gasteiger partial charge in [-0.25, -0.2) is 4.39 Å². The van der Waals surface area contributed by atoms with E-state index in [1.807, 2.05) is 0 Å². The molecule has 2 amide bonds. The number of primary amides is 1. The second-order valence-corrected chi connectivity index (χ2v) is 7.92. The molecule has 0 radical (unpaired) electrons. The average Bonchev–Trinajstić information content (AvgIpc) is 3.03. The highest BCUT2D eigenvalue weighted by Gasteiger charge is 2.65. The highest BCUT2D eigenvalue weighted by molar-refractivity contribution is 5.97. The van der Waals surface area contributed by atoms with Gasteiger partial charge in [0.2, 0.25) is 5.82 Å². The van der Waals surface area contributed by atoms with Gasteiger partial charge in [-0.2, -0.15) is 22.3 Å². The van der Waals surface area contributed by atoms with E-state index < -0.39 is 64.6 Å². The standard InChI is InChI=1S/C21H20F5N3O5/c1-9-14(11-4-5-12(22)15(23)16(11)33-3)17(34-20(9,2)21(24,25)26)19(31)28-10-6-7-29(32)13(8-10)18(27)30/h4-9,14,17H,1-3H3,(H2,27,30)(H,28,31)/t9-,14+,17-,20-/m1/s1. The maximum absolute atomic E-state index is 14.4. The summed E-state index contributed by atoms with van der Waals surface area (Å²) in [6.07, 6.45) is -5.90. The van der Waals surface area contributed by atoms with Crippen molar-refractivity contribution >= 4 is 17.5 Å². The van der Waals surface area contributed by atoms with Gasteiger partial charge < -0.3 is 25.7 Å². The molecule has 0 spiro atoms. The molecule has 34 heavy (non-hydrogen) atoms. The van der Waals surface area contributed by atoms with Crippen LogP contribution in [0.2, 0.25) is 0 Å². The number of amides is 2. The minimum absolute atomic E-state index is 0.126. The van der Waals surface area contributed by atoms with Crippen LogP contribution in [0.25, 0.3) is 0 Å². The Morgan fingerprint density at radius 1 is 1.26 bits per heavy atom. The molecule has 0 aliphatic carbocycles. The number of nitrogens with zero attached hydrogens (tertiary/aromatic N) is 1. The Kier molecular flexibility index (Phi) is 6.44. The third kappa shape index (κ3) is 4.11. The predicted molar refractivity (Wildman–Crippen MR) is 107 cm³/mol. The van der Waals surface area contributed by atoms with Crippen molar-refractivity contribution < 1.29 is 45.7 Å². The molecule has 13 heteroatoms. The number of alkyl halides is 3. The van der Waals surface area contributed by atoms with Crippen molar-refractivity contribution in [3.05, 3.63) is 58.6 Å². The molecule has 2 aromatic rings. The molecule has 2 heterocycles. The monoisotopic (exact) mass is 489 g/mol. The first-order valence-electron chi connectivity index (χ1n) is 9.83. The second kappa shape index (κ2) is 8.70. The largest absolute Gasteiger partial charge is 0.618 e. The Balaban J connectivity index is 2.08. The van der Waals surface area contributed by atoms with E-state index >= 15 is 0 Å². The zero-order valence-corrected chi connectivity index (χ0v) is 18.1. The zero-order chi connectivity index (χ0) is 25.6. The lowest BCUT2D eigenvalue weighted by Gasteiger charge is -2.32. The number of benzene rings is 1. The molecule has 1 fully saturated rings. The zero-order valence-electron chi connectivity index (χ0n) is 18.1. The number of halogens is 5. The molecule has 0 saturated carbocycles. The van der Waals surface area contributed by atoms with Crippen LogP contribution in [0.5, 0.6) is 5.75 Å². The number of hydrogen-bond donors (Lipinski definition) is 2.